The van der Waals surface area contributed by atoms with Gasteiger partial charge in [-0.3, -0.25) is 14.6 Å². The summed E-state index contributed by atoms with van der Waals surface area (Å²) in [5.74, 6) is 0.0556. The molecular formula is C24H27N3OS. The van der Waals surface area contributed by atoms with Gasteiger partial charge in [-0.25, -0.2) is 0 Å². The summed E-state index contributed by atoms with van der Waals surface area (Å²) in [4.78, 5) is 19.1. The molecule has 5 heteroatoms. The van der Waals surface area contributed by atoms with Gasteiger partial charge in [-0.15, -0.1) is 11.3 Å². The molecule has 0 bridgehead atoms. The van der Waals surface area contributed by atoms with E-state index in [0.717, 1.165) is 49.5 Å². The fourth-order valence-corrected chi connectivity index (χ4v) is 4.54. The quantitative estimate of drug-likeness (QED) is 0.653. The molecule has 1 N–H and O–H groups in total. The molecule has 1 aliphatic rings. The van der Waals surface area contributed by atoms with E-state index in [4.69, 9.17) is 0 Å². The van der Waals surface area contributed by atoms with Crippen LogP contribution >= 0.6 is 11.3 Å². The minimum atomic E-state index is -0.150. The SMILES string of the molecule is CC(C(=O)Nc1ccccc1-c1ccccc1)N1CCN(Cc2cccs2)CC1. The van der Waals surface area contributed by atoms with E-state index in [2.05, 4.69) is 50.8 Å². The molecule has 1 amide bonds. The fourth-order valence-electron chi connectivity index (χ4n) is 3.80. The highest BCUT2D eigenvalue weighted by Gasteiger charge is 2.26. The standard InChI is InChI=1S/C24H27N3OS/c1-19(27-15-13-26(14-16-27)18-21-10-7-17-29-21)24(28)25-23-12-6-5-11-22(23)20-8-3-2-4-9-20/h2-12,17,19H,13-16,18H2,1H3,(H,25,28). The molecule has 4 rings (SSSR count). The highest BCUT2D eigenvalue weighted by molar-refractivity contribution is 7.09. The molecule has 0 aliphatic carbocycles. The van der Waals surface area contributed by atoms with E-state index in [-0.39, 0.29) is 11.9 Å². The molecule has 29 heavy (non-hydrogen) atoms. The van der Waals surface area contributed by atoms with Crippen LogP contribution in [-0.4, -0.2) is 47.9 Å². The van der Waals surface area contributed by atoms with E-state index in [0.29, 0.717) is 0 Å². The van der Waals surface area contributed by atoms with Gasteiger partial charge in [0.25, 0.3) is 0 Å². The van der Waals surface area contributed by atoms with E-state index in [9.17, 15) is 4.79 Å². The Kier molecular flexibility index (Phi) is 6.39. The van der Waals surface area contributed by atoms with Crippen molar-refractivity contribution in [3.63, 3.8) is 0 Å². The van der Waals surface area contributed by atoms with Crippen LogP contribution in [0.5, 0.6) is 0 Å². The molecule has 4 nitrogen and oxygen atoms in total. The van der Waals surface area contributed by atoms with Crippen molar-refractivity contribution in [3.05, 3.63) is 77.0 Å². The average Bonchev–Trinajstić information content (AvgIpc) is 3.28. The predicted octanol–water partition coefficient (Wildman–Crippen LogP) is 4.56. The first-order valence-electron chi connectivity index (χ1n) is 10.1. The molecule has 2 heterocycles. The molecule has 1 aromatic heterocycles. The Hall–Kier alpha value is -2.47. The second kappa shape index (κ2) is 9.35. The van der Waals surface area contributed by atoms with Gasteiger partial charge in [-0.1, -0.05) is 54.6 Å². The van der Waals surface area contributed by atoms with Crippen LogP contribution < -0.4 is 5.32 Å². The summed E-state index contributed by atoms with van der Waals surface area (Å²) in [6.07, 6.45) is 0. The van der Waals surface area contributed by atoms with Crippen LogP contribution in [0, 0.1) is 0 Å². The van der Waals surface area contributed by atoms with Crippen LogP contribution in [0.3, 0.4) is 0 Å². The fraction of sp³-hybridized carbons (Fsp3) is 0.292. The average molecular weight is 406 g/mol. The van der Waals surface area contributed by atoms with Gasteiger partial charge in [0.05, 0.1) is 6.04 Å². The Morgan fingerprint density at radius 3 is 2.41 bits per heavy atom. The van der Waals surface area contributed by atoms with Gasteiger partial charge in [0.1, 0.15) is 0 Å². The van der Waals surface area contributed by atoms with E-state index in [1.807, 2.05) is 54.7 Å². The summed E-state index contributed by atoms with van der Waals surface area (Å²) in [7, 11) is 0. The number of benzene rings is 2. The first-order chi connectivity index (χ1) is 14.2. The first kappa shape index (κ1) is 19.8. The van der Waals surface area contributed by atoms with Crippen LogP contribution in [0.15, 0.2) is 72.1 Å². The number of para-hydroxylation sites is 1. The predicted molar refractivity (Wildman–Crippen MR) is 121 cm³/mol. The van der Waals surface area contributed by atoms with Gasteiger partial charge in [-0.2, -0.15) is 0 Å². The topological polar surface area (TPSA) is 35.6 Å². The molecule has 0 spiro atoms. The molecule has 0 saturated carbocycles. The molecule has 1 unspecified atom stereocenters. The maximum atomic E-state index is 13.0. The molecule has 1 saturated heterocycles. The van der Waals surface area contributed by atoms with Gasteiger partial charge >= 0.3 is 0 Å². The summed E-state index contributed by atoms with van der Waals surface area (Å²) in [5, 5.41) is 5.29. The Balaban J connectivity index is 1.36. The number of amides is 1. The molecule has 1 atom stereocenters. The lowest BCUT2D eigenvalue weighted by Crippen LogP contribution is -2.52. The van der Waals surface area contributed by atoms with E-state index in [1.54, 1.807) is 0 Å². The minimum absolute atomic E-state index is 0.0556. The van der Waals surface area contributed by atoms with Crippen LogP contribution in [0.25, 0.3) is 11.1 Å². The molecule has 3 aromatic rings. The maximum Gasteiger partial charge on any atom is 0.241 e. The Morgan fingerprint density at radius 2 is 1.69 bits per heavy atom. The summed E-state index contributed by atoms with van der Waals surface area (Å²) in [5.41, 5.74) is 3.03. The van der Waals surface area contributed by atoms with Crippen LogP contribution in [-0.2, 0) is 11.3 Å². The van der Waals surface area contributed by atoms with Crippen molar-refractivity contribution in [2.24, 2.45) is 0 Å². The first-order valence-corrected chi connectivity index (χ1v) is 11.0. The Bertz CT molecular complexity index is 918. The van der Waals surface area contributed by atoms with Crippen LogP contribution in [0.4, 0.5) is 5.69 Å². The molecule has 1 fully saturated rings. The van der Waals surface area contributed by atoms with Crippen molar-refractivity contribution < 1.29 is 4.79 Å². The number of hydrogen-bond donors (Lipinski definition) is 1. The summed E-state index contributed by atoms with van der Waals surface area (Å²) in [6, 6.07) is 22.3. The Morgan fingerprint density at radius 1 is 0.966 bits per heavy atom. The number of thiophene rings is 1. The van der Waals surface area contributed by atoms with Gasteiger partial charge in [0, 0.05) is 48.9 Å². The number of carbonyl (C=O) groups is 1. The van der Waals surface area contributed by atoms with Crippen molar-refractivity contribution in [2.45, 2.75) is 19.5 Å². The normalized spacial score (nSPS) is 16.4. The molecule has 2 aromatic carbocycles. The molecular weight excluding hydrogens is 378 g/mol. The van der Waals surface area contributed by atoms with Crippen molar-refractivity contribution in [1.82, 2.24) is 9.80 Å². The van der Waals surface area contributed by atoms with E-state index >= 15 is 0 Å². The monoisotopic (exact) mass is 405 g/mol. The van der Waals surface area contributed by atoms with Gasteiger partial charge in [0.15, 0.2) is 0 Å². The highest BCUT2D eigenvalue weighted by atomic mass is 32.1. The summed E-state index contributed by atoms with van der Waals surface area (Å²) < 4.78 is 0. The van der Waals surface area contributed by atoms with Gasteiger partial charge in [-0.05, 0) is 30.0 Å². The molecule has 150 valence electrons. The lowest BCUT2D eigenvalue weighted by atomic mass is 10.0. The van der Waals surface area contributed by atoms with Crippen molar-refractivity contribution in [3.8, 4) is 11.1 Å². The maximum absolute atomic E-state index is 13.0. The molecule has 1 aliphatic heterocycles. The zero-order valence-corrected chi connectivity index (χ0v) is 17.6. The van der Waals surface area contributed by atoms with Crippen molar-refractivity contribution in [1.29, 1.82) is 0 Å². The number of anilines is 1. The third-order valence-electron chi connectivity index (χ3n) is 5.56. The number of piperazine rings is 1. The Labute approximate surface area is 176 Å². The smallest absolute Gasteiger partial charge is 0.241 e. The number of hydrogen-bond acceptors (Lipinski definition) is 4. The lowest BCUT2D eigenvalue weighted by molar-refractivity contribution is -0.121. The zero-order chi connectivity index (χ0) is 20.1. The zero-order valence-electron chi connectivity index (χ0n) is 16.8. The van der Waals surface area contributed by atoms with Crippen molar-refractivity contribution >= 4 is 22.9 Å². The van der Waals surface area contributed by atoms with Gasteiger partial charge in [0.2, 0.25) is 5.91 Å². The minimum Gasteiger partial charge on any atom is -0.324 e. The summed E-state index contributed by atoms with van der Waals surface area (Å²) >= 11 is 1.81. The van der Waals surface area contributed by atoms with Crippen molar-refractivity contribution in [2.75, 3.05) is 31.5 Å². The van der Waals surface area contributed by atoms with Crippen LogP contribution in [0.2, 0.25) is 0 Å². The van der Waals surface area contributed by atoms with E-state index in [1.165, 1.54) is 4.88 Å². The van der Waals surface area contributed by atoms with Gasteiger partial charge < -0.3 is 5.32 Å². The highest BCUT2D eigenvalue weighted by Crippen LogP contribution is 2.28. The number of nitrogens with zero attached hydrogens (tertiary/aromatic N) is 2. The third-order valence-corrected chi connectivity index (χ3v) is 6.42. The lowest BCUT2D eigenvalue weighted by Gasteiger charge is -2.37. The third kappa shape index (κ3) is 4.93. The second-order valence-electron chi connectivity index (χ2n) is 7.47. The number of carbonyl (C=O) groups excluding carboxylic acids is 1. The van der Waals surface area contributed by atoms with E-state index < -0.39 is 0 Å². The molecule has 0 radical (unpaired) electrons. The summed E-state index contributed by atoms with van der Waals surface area (Å²) in [6.45, 7) is 6.85. The largest absolute Gasteiger partial charge is 0.324 e. The van der Waals surface area contributed by atoms with Crippen LogP contribution in [0.1, 0.15) is 11.8 Å². The second-order valence-corrected chi connectivity index (χ2v) is 8.50. The number of rotatable bonds is 6. The number of nitrogens with one attached hydrogen (secondary N) is 1.